The molecule has 3 rings (SSSR count). The highest BCUT2D eigenvalue weighted by molar-refractivity contribution is 5.94. The number of carbonyl (C=O) groups excluding carboxylic acids is 1. The molecular formula is C17H19N3O2. The average Bonchev–Trinajstić information content (AvgIpc) is 3.00. The summed E-state index contributed by atoms with van der Waals surface area (Å²) in [6.07, 6.45) is -0.00204. The fourth-order valence-electron chi connectivity index (χ4n) is 2.34. The van der Waals surface area contributed by atoms with Crippen LogP contribution in [-0.2, 0) is 11.4 Å². The van der Waals surface area contributed by atoms with E-state index in [4.69, 9.17) is 4.84 Å². The predicted molar refractivity (Wildman–Crippen MR) is 83.6 cm³/mol. The van der Waals surface area contributed by atoms with E-state index >= 15 is 0 Å². The van der Waals surface area contributed by atoms with Crippen molar-refractivity contribution in [2.24, 2.45) is 0 Å². The Labute approximate surface area is 129 Å². The third-order valence-electron chi connectivity index (χ3n) is 3.57. The Bertz CT molecular complexity index is 628. The third-order valence-corrected chi connectivity index (χ3v) is 3.57. The van der Waals surface area contributed by atoms with Crippen molar-refractivity contribution < 1.29 is 9.63 Å². The number of hydrogen-bond acceptors (Lipinski definition) is 4. The van der Waals surface area contributed by atoms with Gasteiger partial charge in [-0.1, -0.05) is 42.5 Å². The number of hydroxylamine groups is 1. The first-order valence-corrected chi connectivity index (χ1v) is 7.32. The Morgan fingerprint density at radius 1 is 1.14 bits per heavy atom. The summed E-state index contributed by atoms with van der Waals surface area (Å²) in [4.78, 5) is 17.2. The number of nitrogens with one attached hydrogen (secondary N) is 3. The summed E-state index contributed by atoms with van der Waals surface area (Å²) >= 11 is 0. The van der Waals surface area contributed by atoms with Crippen molar-refractivity contribution in [3.05, 3.63) is 71.3 Å². The van der Waals surface area contributed by atoms with Gasteiger partial charge in [0.2, 0.25) is 0 Å². The maximum atomic E-state index is 12.0. The maximum Gasteiger partial charge on any atom is 0.251 e. The summed E-state index contributed by atoms with van der Waals surface area (Å²) in [5.41, 5.74) is 5.76. The molecule has 0 aromatic heterocycles. The normalized spacial score (nSPS) is 20.8. The van der Waals surface area contributed by atoms with E-state index in [1.165, 1.54) is 0 Å². The summed E-state index contributed by atoms with van der Waals surface area (Å²) in [5, 5.41) is 6.17. The zero-order valence-corrected chi connectivity index (χ0v) is 12.4. The van der Waals surface area contributed by atoms with Crippen LogP contribution in [0.1, 0.15) is 34.6 Å². The van der Waals surface area contributed by atoms with E-state index < -0.39 is 0 Å². The molecule has 0 aliphatic carbocycles. The molecule has 2 aromatic rings. The minimum atomic E-state index is -0.0639. The lowest BCUT2D eigenvalue weighted by Crippen LogP contribution is -2.24. The van der Waals surface area contributed by atoms with Crippen LogP contribution >= 0.6 is 0 Å². The second-order valence-corrected chi connectivity index (χ2v) is 5.27. The van der Waals surface area contributed by atoms with E-state index in [2.05, 4.69) is 16.1 Å². The molecule has 2 unspecified atom stereocenters. The molecule has 0 spiro atoms. The first-order chi connectivity index (χ1) is 10.7. The summed E-state index contributed by atoms with van der Waals surface area (Å²) < 4.78 is 0. The molecule has 1 heterocycles. The SMILES string of the molecule is CC1NC(c2ccc(CNC(=O)c3ccccc3)cc2)NO1. The molecule has 1 aliphatic rings. The molecular weight excluding hydrogens is 278 g/mol. The molecule has 1 fully saturated rings. The first kappa shape index (κ1) is 14.7. The molecule has 0 radical (unpaired) electrons. The van der Waals surface area contributed by atoms with Crippen LogP contribution in [0.5, 0.6) is 0 Å². The van der Waals surface area contributed by atoms with Crippen molar-refractivity contribution >= 4 is 5.91 Å². The van der Waals surface area contributed by atoms with Crippen molar-refractivity contribution in [3.63, 3.8) is 0 Å². The van der Waals surface area contributed by atoms with Crippen molar-refractivity contribution in [2.75, 3.05) is 0 Å². The van der Waals surface area contributed by atoms with Gasteiger partial charge in [-0.25, -0.2) is 0 Å². The molecule has 5 nitrogen and oxygen atoms in total. The molecule has 1 amide bonds. The van der Waals surface area contributed by atoms with Gasteiger partial charge in [-0.15, -0.1) is 0 Å². The summed E-state index contributed by atoms with van der Waals surface area (Å²) in [6.45, 7) is 2.45. The number of rotatable bonds is 4. The van der Waals surface area contributed by atoms with Gasteiger partial charge >= 0.3 is 0 Å². The van der Waals surface area contributed by atoms with Crippen molar-refractivity contribution in [3.8, 4) is 0 Å². The van der Waals surface area contributed by atoms with Gasteiger partial charge in [0, 0.05) is 12.1 Å². The van der Waals surface area contributed by atoms with Crippen LogP contribution in [0, 0.1) is 0 Å². The number of hydrogen-bond donors (Lipinski definition) is 3. The fraction of sp³-hybridized carbons (Fsp3) is 0.235. The minimum absolute atomic E-state index is 0.00274. The van der Waals surface area contributed by atoms with Gasteiger partial charge in [0.1, 0.15) is 12.4 Å². The summed E-state index contributed by atoms with van der Waals surface area (Å²) in [6, 6.07) is 17.3. The van der Waals surface area contributed by atoms with Gasteiger partial charge < -0.3 is 5.32 Å². The van der Waals surface area contributed by atoms with Crippen LogP contribution < -0.4 is 16.1 Å². The highest BCUT2D eigenvalue weighted by Crippen LogP contribution is 2.16. The second-order valence-electron chi connectivity index (χ2n) is 5.27. The van der Waals surface area contributed by atoms with Crippen molar-refractivity contribution in [2.45, 2.75) is 25.9 Å². The lowest BCUT2D eigenvalue weighted by molar-refractivity contribution is 0.0329. The highest BCUT2D eigenvalue weighted by Gasteiger charge is 2.21. The Hall–Kier alpha value is -2.21. The van der Waals surface area contributed by atoms with Crippen LogP contribution in [-0.4, -0.2) is 12.1 Å². The molecule has 2 aromatic carbocycles. The predicted octanol–water partition coefficient (Wildman–Crippen LogP) is 2.09. The van der Waals surface area contributed by atoms with Crippen LogP contribution in [0.15, 0.2) is 54.6 Å². The molecule has 1 aliphatic heterocycles. The molecule has 114 valence electrons. The fourth-order valence-corrected chi connectivity index (χ4v) is 2.34. The van der Waals surface area contributed by atoms with Gasteiger partial charge in [-0.3, -0.25) is 14.9 Å². The maximum absolute atomic E-state index is 12.0. The van der Waals surface area contributed by atoms with Gasteiger partial charge in [0.05, 0.1) is 0 Å². The monoisotopic (exact) mass is 297 g/mol. The zero-order chi connectivity index (χ0) is 15.4. The Kier molecular flexibility index (Phi) is 4.48. The number of benzene rings is 2. The molecule has 0 saturated carbocycles. The largest absolute Gasteiger partial charge is 0.348 e. The highest BCUT2D eigenvalue weighted by atomic mass is 16.7. The molecule has 5 heteroatoms. The Morgan fingerprint density at radius 3 is 2.50 bits per heavy atom. The third kappa shape index (κ3) is 3.51. The number of carbonyl (C=O) groups is 1. The molecule has 2 atom stereocenters. The second kappa shape index (κ2) is 6.70. The van der Waals surface area contributed by atoms with Gasteiger partial charge in [0.15, 0.2) is 0 Å². The van der Waals surface area contributed by atoms with Gasteiger partial charge in [0.25, 0.3) is 5.91 Å². The standard InChI is InChI=1S/C17H19N3O2/c1-12-19-16(20-22-12)14-9-7-13(8-10-14)11-18-17(21)15-5-3-2-4-6-15/h2-10,12,16,19-20H,11H2,1H3,(H,18,21). The lowest BCUT2D eigenvalue weighted by atomic mass is 10.1. The average molecular weight is 297 g/mol. The van der Waals surface area contributed by atoms with E-state index in [0.29, 0.717) is 12.1 Å². The first-order valence-electron chi connectivity index (χ1n) is 7.32. The quantitative estimate of drug-likeness (QED) is 0.808. The van der Waals surface area contributed by atoms with Crippen LogP contribution in [0.4, 0.5) is 0 Å². The Balaban J connectivity index is 1.56. The Morgan fingerprint density at radius 2 is 1.86 bits per heavy atom. The summed E-state index contributed by atoms with van der Waals surface area (Å²) in [5.74, 6) is -0.0639. The van der Waals surface area contributed by atoms with Gasteiger partial charge in [-0.05, 0) is 30.2 Å². The van der Waals surface area contributed by atoms with Crippen molar-refractivity contribution in [1.82, 2.24) is 16.1 Å². The summed E-state index contributed by atoms with van der Waals surface area (Å²) in [7, 11) is 0. The van der Waals surface area contributed by atoms with E-state index in [9.17, 15) is 4.79 Å². The molecule has 22 heavy (non-hydrogen) atoms. The van der Waals surface area contributed by atoms with Crippen LogP contribution in [0.3, 0.4) is 0 Å². The molecule has 3 N–H and O–H groups in total. The van der Waals surface area contributed by atoms with Crippen molar-refractivity contribution in [1.29, 1.82) is 0 Å². The smallest absolute Gasteiger partial charge is 0.251 e. The topological polar surface area (TPSA) is 62.4 Å². The lowest BCUT2D eigenvalue weighted by Gasteiger charge is -2.11. The zero-order valence-electron chi connectivity index (χ0n) is 12.4. The van der Waals surface area contributed by atoms with E-state index in [0.717, 1.165) is 11.1 Å². The van der Waals surface area contributed by atoms with Gasteiger partial charge in [-0.2, -0.15) is 5.48 Å². The van der Waals surface area contributed by atoms with Crippen LogP contribution in [0.2, 0.25) is 0 Å². The van der Waals surface area contributed by atoms with E-state index in [1.807, 2.05) is 49.4 Å². The molecule has 0 bridgehead atoms. The van der Waals surface area contributed by atoms with E-state index in [-0.39, 0.29) is 18.3 Å². The molecule has 1 saturated heterocycles. The minimum Gasteiger partial charge on any atom is -0.348 e. The van der Waals surface area contributed by atoms with E-state index in [1.54, 1.807) is 12.1 Å². The number of amides is 1. The van der Waals surface area contributed by atoms with Crippen LogP contribution in [0.25, 0.3) is 0 Å².